The molecule has 33 heavy (non-hydrogen) atoms. The van der Waals surface area contributed by atoms with Crippen molar-refractivity contribution in [1.29, 1.82) is 0 Å². The number of hydrogen-bond acceptors (Lipinski definition) is 5. The number of carbonyl (C=O) groups is 1. The molecular formula is C21H25F3N4O4S. The van der Waals surface area contributed by atoms with Crippen LogP contribution >= 0.6 is 0 Å². The van der Waals surface area contributed by atoms with Crippen LogP contribution in [-0.2, 0) is 21.9 Å². The second kappa shape index (κ2) is 8.01. The van der Waals surface area contributed by atoms with Crippen LogP contribution in [0, 0.1) is 19.3 Å². The highest BCUT2D eigenvalue weighted by Gasteiger charge is 2.50. The third-order valence-corrected chi connectivity index (χ3v) is 8.77. The van der Waals surface area contributed by atoms with Gasteiger partial charge in [-0.1, -0.05) is 0 Å². The quantitative estimate of drug-likeness (QED) is 0.663. The molecule has 0 saturated carbocycles. The Morgan fingerprint density at radius 1 is 1.03 bits per heavy atom. The van der Waals surface area contributed by atoms with Gasteiger partial charge >= 0.3 is 6.36 Å². The lowest BCUT2D eigenvalue weighted by Gasteiger charge is -2.37. The zero-order chi connectivity index (χ0) is 24.2. The van der Waals surface area contributed by atoms with Crippen LogP contribution in [0.1, 0.15) is 30.7 Å². The molecule has 1 spiro atoms. The summed E-state index contributed by atoms with van der Waals surface area (Å²) in [7, 11) is -2.04. The van der Waals surface area contributed by atoms with Gasteiger partial charge in [0.25, 0.3) is 0 Å². The number of alkyl halides is 3. The lowest BCUT2D eigenvalue weighted by atomic mass is 9.77. The van der Waals surface area contributed by atoms with Crippen molar-refractivity contribution in [3.05, 3.63) is 35.7 Å². The molecule has 2 aromatic rings. The Morgan fingerprint density at radius 3 is 2.12 bits per heavy atom. The van der Waals surface area contributed by atoms with Crippen molar-refractivity contribution in [2.24, 2.45) is 12.5 Å². The molecular weight excluding hydrogens is 461 g/mol. The van der Waals surface area contributed by atoms with Crippen LogP contribution in [0.4, 0.5) is 18.9 Å². The van der Waals surface area contributed by atoms with Crippen LogP contribution < -0.4 is 9.64 Å². The summed E-state index contributed by atoms with van der Waals surface area (Å²) in [5.41, 5.74) is 0.819. The number of sulfonamides is 1. The number of aromatic nitrogens is 2. The molecule has 12 heteroatoms. The molecule has 3 heterocycles. The van der Waals surface area contributed by atoms with Gasteiger partial charge in [0, 0.05) is 32.4 Å². The smallest absolute Gasteiger partial charge is 0.406 e. The molecule has 2 aliphatic rings. The van der Waals surface area contributed by atoms with Crippen LogP contribution in [0.25, 0.3) is 0 Å². The zero-order valence-corrected chi connectivity index (χ0v) is 19.3. The van der Waals surface area contributed by atoms with Gasteiger partial charge in [0.05, 0.1) is 16.8 Å². The standard InChI is InChI=1S/C21H25F3N4O4S/c1-14-18(15(2)26(3)25-14)33(30,31)27-11-8-20(9-12-27)10-13-28(19(20)29)16-4-6-17(7-5-16)32-21(22,23)24/h4-7H,8-13H2,1-3H3. The van der Waals surface area contributed by atoms with Crippen LogP contribution in [0.15, 0.2) is 29.2 Å². The summed E-state index contributed by atoms with van der Waals surface area (Å²) in [5, 5.41) is 4.20. The van der Waals surface area contributed by atoms with E-state index in [9.17, 15) is 26.4 Å². The number of piperidine rings is 1. The van der Waals surface area contributed by atoms with Gasteiger partial charge in [0.2, 0.25) is 15.9 Å². The fourth-order valence-corrected chi connectivity index (χ4v) is 6.61. The van der Waals surface area contributed by atoms with E-state index < -0.39 is 21.8 Å². The Bertz CT molecular complexity index is 1170. The number of hydrogen-bond donors (Lipinski definition) is 0. The third-order valence-electron chi connectivity index (χ3n) is 6.61. The Hall–Kier alpha value is -2.60. The van der Waals surface area contributed by atoms with Gasteiger partial charge in [-0.2, -0.15) is 9.40 Å². The molecule has 2 saturated heterocycles. The zero-order valence-electron chi connectivity index (χ0n) is 18.5. The molecule has 0 aliphatic carbocycles. The van der Waals surface area contributed by atoms with Crippen molar-refractivity contribution in [2.45, 2.75) is 44.4 Å². The maximum Gasteiger partial charge on any atom is 0.573 e. The highest BCUT2D eigenvalue weighted by molar-refractivity contribution is 7.89. The van der Waals surface area contributed by atoms with Crippen LogP contribution in [-0.4, -0.2) is 54.4 Å². The fourth-order valence-electron chi connectivity index (χ4n) is 4.77. The van der Waals surface area contributed by atoms with Gasteiger partial charge in [0.1, 0.15) is 10.6 Å². The minimum Gasteiger partial charge on any atom is -0.406 e. The molecule has 4 rings (SSSR count). The minimum atomic E-state index is -4.78. The number of nitrogens with zero attached hydrogens (tertiary/aromatic N) is 4. The first-order valence-electron chi connectivity index (χ1n) is 10.5. The Kier molecular flexibility index (Phi) is 5.72. The highest BCUT2D eigenvalue weighted by Crippen LogP contribution is 2.44. The van der Waals surface area contributed by atoms with Crippen molar-refractivity contribution in [3.8, 4) is 5.75 Å². The fraction of sp³-hybridized carbons (Fsp3) is 0.524. The molecule has 0 atom stereocenters. The summed E-state index contributed by atoms with van der Waals surface area (Å²) in [6.07, 6.45) is -3.45. The van der Waals surface area contributed by atoms with E-state index >= 15 is 0 Å². The van der Waals surface area contributed by atoms with E-state index in [0.29, 0.717) is 42.9 Å². The lowest BCUT2D eigenvalue weighted by Crippen LogP contribution is -2.46. The largest absolute Gasteiger partial charge is 0.573 e. The summed E-state index contributed by atoms with van der Waals surface area (Å²) in [4.78, 5) is 15.0. The SMILES string of the molecule is Cc1nn(C)c(C)c1S(=O)(=O)N1CCC2(CCN(c3ccc(OC(F)(F)F)cc3)C2=O)CC1. The summed E-state index contributed by atoms with van der Waals surface area (Å²) in [6, 6.07) is 5.20. The first-order valence-corrected chi connectivity index (χ1v) is 12.0. The molecule has 180 valence electrons. The highest BCUT2D eigenvalue weighted by atomic mass is 32.2. The number of benzene rings is 1. The average molecular weight is 487 g/mol. The van der Waals surface area contributed by atoms with E-state index in [1.807, 2.05) is 0 Å². The summed E-state index contributed by atoms with van der Waals surface area (Å²) < 4.78 is 70.4. The predicted octanol–water partition coefficient (Wildman–Crippen LogP) is 3.14. The molecule has 2 aliphatic heterocycles. The molecule has 8 nitrogen and oxygen atoms in total. The van der Waals surface area contributed by atoms with E-state index in [1.54, 1.807) is 25.8 Å². The van der Waals surface area contributed by atoms with E-state index in [1.165, 1.54) is 33.3 Å². The van der Waals surface area contributed by atoms with Gasteiger partial charge < -0.3 is 9.64 Å². The number of amides is 1. The van der Waals surface area contributed by atoms with Gasteiger partial charge in [0.15, 0.2) is 0 Å². The number of anilines is 1. The second-order valence-corrected chi connectivity index (χ2v) is 10.4. The van der Waals surface area contributed by atoms with Gasteiger partial charge in [-0.25, -0.2) is 8.42 Å². The van der Waals surface area contributed by atoms with Crippen molar-refractivity contribution in [1.82, 2.24) is 14.1 Å². The third kappa shape index (κ3) is 4.21. The number of ether oxygens (including phenoxy) is 1. The summed E-state index contributed by atoms with van der Waals surface area (Å²) in [6.45, 7) is 4.23. The van der Waals surface area contributed by atoms with Crippen molar-refractivity contribution < 1.29 is 31.1 Å². The molecule has 1 aromatic carbocycles. The summed E-state index contributed by atoms with van der Waals surface area (Å²) in [5.74, 6) is -0.482. The maximum absolute atomic E-state index is 13.3. The van der Waals surface area contributed by atoms with E-state index in [0.717, 1.165) is 0 Å². The lowest BCUT2D eigenvalue weighted by molar-refractivity contribution is -0.274. The summed E-state index contributed by atoms with van der Waals surface area (Å²) >= 11 is 0. The predicted molar refractivity (Wildman–Crippen MR) is 113 cm³/mol. The van der Waals surface area contributed by atoms with Crippen LogP contribution in [0.3, 0.4) is 0 Å². The molecule has 0 unspecified atom stereocenters. The molecule has 0 radical (unpaired) electrons. The molecule has 0 bridgehead atoms. The van der Waals surface area contributed by atoms with E-state index in [4.69, 9.17) is 0 Å². The van der Waals surface area contributed by atoms with Gasteiger partial charge in [-0.05, 0) is 57.4 Å². The van der Waals surface area contributed by atoms with Crippen molar-refractivity contribution in [2.75, 3.05) is 24.5 Å². The minimum absolute atomic E-state index is 0.127. The Balaban J connectivity index is 1.46. The Labute approximate surface area is 190 Å². The van der Waals surface area contributed by atoms with Gasteiger partial charge in [-0.15, -0.1) is 13.2 Å². The topological polar surface area (TPSA) is 84.7 Å². The monoisotopic (exact) mass is 486 g/mol. The second-order valence-electron chi connectivity index (χ2n) is 8.56. The molecule has 0 N–H and O–H groups in total. The Morgan fingerprint density at radius 2 is 1.61 bits per heavy atom. The number of aryl methyl sites for hydroxylation is 2. The van der Waals surface area contributed by atoms with Crippen molar-refractivity contribution >= 4 is 21.6 Å². The number of rotatable bonds is 4. The van der Waals surface area contributed by atoms with Crippen LogP contribution in [0.5, 0.6) is 5.75 Å². The molecule has 1 amide bonds. The maximum atomic E-state index is 13.3. The number of carbonyl (C=O) groups excluding carboxylic acids is 1. The van der Waals surface area contributed by atoms with E-state index in [2.05, 4.69) is 9.84 Å². The van der Waals surface area contributed by atoms with Gasteiger partial charge in [-0.3, -0.25) is 9.48 Å². The molecule has 2 fully saturated rings. The molecule has 1 aromatic heterocycles. The van der Waals surface area contributed by atoms with Crippen molar-refractivity contribution in [3.63, 3.8) is 0 Å². The first-order chi connectivity index (χ1) is 15.3. The normalized spacial score (nSPS) is 19.5. The number of halogens is 3. The first kappa shape index (κ1) is 23.6. The van der Waals surface area contributed by atoms with Crippen LogP contribution in [0.2, 0.25) is 0 Å². The van der Waals surface area contributed by atoms with E-state index in [-0.39, 0.29) is 29.6 Å². The average Bonchev–Trinajstić information content (AvgIpc) is 3.17.